The highest BCUT2D eigenvalue weighted by molar-refractivity contribution is 9.11. The van der Waals surface area contributed by atoms with Crippen LogP contribution in [0, 0.1) is 5.92 Å². The molecular formula is C12H19BrN2OS. The Morgan fingerprint density at radius 3 is 2.88 bits per heavy atom. The predicted molar refractivity (Wildman–Crippen MR) is 76.4 cm³/mol. The number of carbonyl (C=O) groups is 1. The lowest BCUT2D eigenvalue weighted by Crippen LogP contribution is -2.36. The summed E-state index contributed by atoms with van der Waals surface area (Å²) in [4.78, 5) is 13.0. The molecule has 0 radical (unpaired) electrons. The first kappa shape index (κ1) is 14.7. The van der Waals surface area contributed by atoms with Crippen molar-refractivity contribution < 1.29 is 4.79 Å². The van der Waals surface area contributed by atoms with Gasteiger partial charge in [-0.1, -0.05) is 13.8 Å². The number of thiophene rings is 1. The van der Waals surface area contributed by atoms with Crippen LogP contribution in [0.2, 0.25) is 0 Å². The molecule has 0 aromatic carbocycles. The molecule has 1 aromatic rings. The Morgan fingerprint density at radius 2 is 2.29 bits per heavy atom. The Labute approximate surface area is 115 Å². The van der Waals surface area contributed by atoms with Crippen LogP contribution >= 0.6 is 27.3 Å². The van der Waals surface area contributed by atoms with Crippen molar-refractivity contribution in [2.45, 2.75) is 20.3 Å². The first-order valence-electron chi connectivity index (χ1n) is 5.86. The van der Waals surface area contributed by atoms with Crippen LogP contribution in [0.15, 0.2) is 15.9 Å². The molecular weight excluding hydrogens is 300 g/mol. The number of halogens is 1. The third-order valence-electron chi connectivity index (χ3n) is 2.45. The van der Waals surface area contributed by atoms with Crippen LogP contribution in [0.5, 0.6) is 0 Å². The molecule has 0 saturated heterocycles. The van der Waals surface area contributed by atoms with Crippen molar-refractivity contribution in [3.63, 3.8) is 0 Å². The molecule has 0 aliphatic rings. The van der Waals surface area contributed by atoms with Crippen molar-refractivity contribution in [1.29, 1.82) is 0 Å². The van der Waals surface area contributed by atoms with Crippen LogP contribution in [-0.2, 0) is 11.2 Å². The standard InChI is InChI=1S/C12H19BrN2OS/c1-3-14-8-9(2)12(16)15-7-6-10-4-5-11(13)17-10/h4-5,9,14H,3,6-8H2,1-2H3,(H,15,16). The molecule has 1 aromatic heterocycles. The van der Waals surface area contributed by atoms with E-state index in [2.05, 4.69) is 32.6 Å². The molecule has 1 unspecified atom stereocenters. The Bertz CT molecular complexity index is 354. The minimum Gasteiger partial charge on any atom is -0.355 e. The Morgan fingerprint density at radius 1 is 1.53 bits per heavy atom. The molecule has 0 aliphatic heterocycles. The molecule has 1 atom stereocenters. The highest BCUT2D eigenvalue weighted by Gasteiger charge is 2.11. The summed E-state index contributed by atoms with van der Waals surface area (Å²) in [6, 6.07) is 4.12. The largest absolute Gasteiger partial charge is 0.355 e. The van der Waals surface area contributed by atoms with Crippen molar-refractivity contribution in [2.24, 2.45) is 5.92 Å². The zero-order chi connectivity index (χ0) is 12.7. The minimum atomic E-state index is 0.0324. The number of carbonyl (C=O) groups excluding carboxylic acids is 1. The maximum atomic E-state index is 11.7. The van der Waals surface area contributed by atoms with Gasteiger partial charge in [-0.25, -0.2) is 0 Å². The van der Waals surface area contributed by atoms with Crippen molar-refractivity contribution in [2.75, 3.05) is 19.6 Å². The van der Waals surface area contributed by atoms with Crippen molar-refractivity contribution in [3.05, 3.63) is 20.8 Å². The summed E-state index contributed by atoms with van der Waals surface area (Å²) in [5.74, 6) is 0.159. The van der Waals surface area contributed by atoms with Gasteiger partial charge in [0, 0.05) is 23.9 Å². The van der Waals surface area contributed by atoms with E-state index in [1.54, 1.807) is 11.3 Å². The maximum absolute atomic E-state index is 11.7. The summed E-state index contributed by atoms with van der Waals surface area (Å²) in [6.07, 6.45) is 0.899. The van der Waals surface area contributed by atoms with Crippen molar-refractivity contribution in [1.82, 2.24) is 10.6 Å². The van der Waals surface area contributed by atoms with Crippen LogP contribution in [-0.4, -0.2) is 25.5 Å². The average molecular weight is 319 g/mol. The fourth-order valence-electron chi connectivity index (χ4n) is 1.42. The molecule has 17 heavy (non-hydrogen) atoms. The number of hydrogen-bond acceptors (Lipinski definition) is 3. The molecule has 0 fully saturated rings. The van der Waals surface area contributed by atoms with Gasteiger partial charge in [0.2, 0.25) is 5.91 Å². The summed E-state index contributed by atoms with van der Waals surface area (Å²) in [6.45, 7) is 6.34. The van der Waals surface area contributed by atoms with E-state index < -0.39 is 0 Å². The van der Waals surface area contributed by atoms with Gasteiger partial charge < -0.3 is 10.6 Å². The smallest absolute Gasteiger partial charge is 0.224 e. The second-order valence-corrected chi connectivity index (χ2v) is 6.50. The van der Waals surface area contributed by atoms with Gasteiger partial charge in [0.25, 0.3) is 0 Å². The van der Waals surface area contributed by atoms with Crippen LogP contribution in [0.25, 0.3) is 0 Å². The fourth-order valence-corrected chi connectivity index (χ4v) is 2.91. The predicted octanol–water partition coefficient (Wildman–Crippen LogP) is 2.41. The molecule has 2 N–H and O–H groups in total. The minimum absolute atomic E-state index is 0.0324. The lowest BCUT2D eigenvalue weighted by atomic mass is 10.1. The molecule has 0 aliphatic carbocycles. The summed E-state index contributed by atoms with van der Waals surface area (Å²) in [7, 11) is 0. The number of rotatable bonds is 7. The maximum Gasteiger partial charge on any atom is 0.224 e. The number of nitrogens with one attached hydrogen (secondary N) is 2. The monoisotopic (exact) mass is 318 g/mol. The quantitative estimate of drug-likeness (QED) is 0.810. The molecule has 1 heterocycles. The summed E-state index contributed by atoms with van der Waals surface area (Å²) in [5.41, 5.74) is 0. The molecule has 1 rings (SSSR count). The molecule has 0 saturated carbocycles. The molecule has 96 valence electrons. The van der Waals surface area contributed by atoms with Gasteiger partial charge in [-0.2, -0.15) is 0 Å². The topological polar surface area (TPSA) is 41.1 Å². The van der Waals surface area contributed by atoms with Crippen LogP contribution in [0.1, 0.15) is 18.7 Å². The van der Waals surface area contributed by atoms with E-state index in [0.29, 0.717) is 6.54 Å². The van der Waals surface area contributed by atoms with Gasteiger partial charge in [-0.15, -0.1) is 11.3 Å². The first-order chi connectivity index (χ1) is 8.13. The van der Waals surface area contributed by atoms with Gasteiger partial charge in [-0.3, -0.25) is 4.79 Å². The van der Waals surface area contributed by atoms with Crippen molar-refractivity contribution in [3.8, 4) is 0 Å². The number of hydrogen-bond donors (Lipinski definition) is 2. The summed E-state index contributed by atoms with van der Waals surface area (Å²) in [5, 5.41) is 6.14. The van der Waals surface area contributed by atoms with E-state index in [4.69, 9.17) is 0 Å². The number of amides is 1. The van der Waals surface area contributed by atoms with Gasteiger partial charge in [-0.05, 0) is 41.0 Å². The van der Waals surface area contributed by atoms with E-state index in [0.717, 1.165) is 23.3 Å². The SMILES string of the molecule is CCNCC(C)C(=O)NCCc1ccc(Br)s1. The zero-order valence-electron chi connectivity index (χ0n) is 10.3. The fraction of sp³-hybridized carbons (Fsp3) is 0.583. The van der Waals surface area contributed by atoms with Gasteiger partial charge in [0.15, 0.2) is 0 Å². The normalized spacial score (nSPS) is 12.4. The summed E-state index contributed by atoms with van der Waals surface area (Å²) >= 11 is 5.14. The van der Waals surface area contributed by atoms with Crippen molar-refractivity contribution >= 4 is 33.2 Å². The Balaban J connectivity index is 2.19. The van der Waals surface area contributed by atoms with Gasteiger partial charge in [0.05, 0.1) is 3.79 Å². The van der Waals surface area contributed by atoms with Crippen LogP contribution in [0.4, 0.5) is 0 Å². The van der Waals surface area contributed by atoms with E-state index >= 15 is 0 Å². The van der Waals surface area contributed by atoms with Gasteiger partial charge >= 0.3 is 0 Å². The molecule has 3 nitrogen and oxygen atoms in total. The Hall–Kier alpha value is -0.390. The first-order valence-corrected chi connectivity index (χ1v) is 7.47. The zero-order valence-corrected chi connectivity index (χ0v) is 12.7. The lowest BCUT2D eigenvalue weighted by Gasteiger charge is -2.11. The highest BCUT2D eigenvalue weighted by Crippen LogP contribution is 2.21. The molecule has 1 amide bonds. The lowest BCUT2D eigenvalue weighted by molar-refractivity contribution is -0.124. The summed E-state index contributed by atoms with van der Waals surface area (Å²) < 4.78 is 1.14. The van der Waals surface area contributed by atoms with E-state index in [1.165, 1.54) is 4.88 Å². The Kier molecular flexibility index (Phi) is 6.77. The second kappa shape index (κ2) is 7.84. The molecule has 0 bridgehead atoms. The average Bonchev–Trinajstić information content (AvgIpc) is 2.71. The van der Waals surface area contributed by atoms with E-state index in [1.807, 2.05) is 19.9 Å². The molecule has 5 heteroatoms. The third-order valence-corrected chi connectivity index (χ3v) is 4.13. The second-order valence-electron chi connectivity index (χ2n) is 3.96. The van der Waals surface area contributed by atoms with Crippen LogP contribution in [0.3, 0.4) is 0 Å². The van der Waals surface area contributed by atoms with E-state index in [-0.39, 0.29) is 11.8 Å². The highest BCUT2D eigenvalue weighted by atomic mass is 79.9. The third kappa shape index (κ3) is 5.66. The van der Waals surface area contributed by atoms with Crippen LogP contribution < -0.4 is 10.6 Å². The molecule has 0 spiro atoms. The van der Waals surface area contributed by atoms with Gasteiger partial charge in [0.1, 0.15) is 0 Å². The van der Waals surface area contributed by atoms with E-state index in [9.17, 15) is 4.79 Å².